The van der Waals surface area contributed by atoms with Crippen molar-refractivity contribution in [3.05, 3.63) is 60.2 Å². The van der Waals surface area contributed by atoms with E-state index < -0.39 is 0 Å². The molecule has 0 aliphatic carbocycles. The number of hydrogen-bond acceptors (Lipinski definition) is 3. The summed E-state index contributed by atoms with van der Waals surface area (Å²) in [7, 11) is 0. The molecule has 2 heterocycles. The molecule has 0 radical (unpaired) electrons. The number of amides is 1. The molecule has 2 aromatic rings. The van der Waals surface area contributed by atoms with Crippen LogP contribution in [0.1, 0.15) is 37.3 Å². The van der Waals surface area contributed by atoms with E-state index in [0.29, 0.717) is 6.42 Å². The summed E-state index contributed by atoms with van der Waals surface area (Å²) in [6.07, 6.45) is 7.46. The van der Waals surface area contributed by atoms with Crippen molar-refractivity contribution < 1.29 is 4.79 Å². The van der Waals surface area contributed by atoms with Gasteiger partial charge in [0.15, 0.2) is 0 Å². The zero-order valence-corrected chi connectivity index (χ0v) is 11.8. The van der Waals surface area contributed by atoms with Crippen LogP contribution in [0.3, 0.4) is 0 Å². The van der Waals surface area contributed by atoms with Gasteiger partial charge in [0.25, 0.3) is 0 Å². The van der Waals surface area contributed by atoms with E-state index >= 15 is 0 Å². The van der Waals surface area contributed by atoms with Gasteiger partial charge in [-0.05, 0) is 28.7 Å². The van der Waals surface area contributed by atoms with Crippen molar-refractivity contribution in [3.63, 3.8) is 0 Å². The predicted octanol–water partition coefficient (Wildman–Crippen LogP) is 2.51. The minimum Gasteiger partial charge on any atom is -0.370 e. The number of carbonyl (C=O) groups excluding carboxylic acids is 1. The average molecular weight is 269 g/mol. The summed E-state index contributed by atoms with van der Waals surface area (Å²) < 4.78 is 0. The van der Waals surface area contributed by atoms with Crippen molar-refractivity contribution in [2.24, 2.45) is 11.1 Å². The Labute approximate surface area is 119 Å². The van der Waals surface area contributed by atoms with Gasteiger partial charge < -0.3 is 5.73 Å². The summed E-state index contributed by atoms with van der Waals surface area (Å²) in [6, 6.07) is 7.85. The molecule has 0 saturated heterocycles. The average Bonchev–Trinajstić information content (AvgIpc) is 2.39. The molecule has 2 rings (SSSR count). The van der Waals surface area contributed by atoms with Crippen molar-refractivity contribution in [1.82, 2.24) is 9.97 Å². The second kappa shape index (κ2) is 5.82. The fraction of sp³-hybridized carbons (Fsp3) is 0.312. The second-order valence-corrected chi connectivity index (χ2v) is 5.64. The molecule has 0 aromatic carbocycles. The number of pyridine rings is 2. The zero-order chi connectivity index (χ0) is 14.6. The van der Waals surface area contributed by atoms with Crippen LogP contribution in [0, 0.1) is 5.41 Å². The largest absolute Gasteiger partial charge is 0.370 e. The molecular weight excluding hydrogens is 250 g/mol. The molecule has 1 amide bonds. The molecule has 0 aliphatic heterocycles. The summed E-state index contributed by atoms with van der Waals surface area (Å²) in [4.78, 5) is 19.7. The minimum absolute atomic E-state index is 0.0254. The van der Waals surface area contributed by atoms with E-state index in [1.165, 1.54) is 0 Å². The SMILES string of the molecule is CC(C)(CC(N)=O)C(c1cccnc1)c1cccnc1. The predicted molar refractivity (Wildman–Crippen MR) is 77.9 cm³/mol. The Kier molecular flexibility index (Phi) is 4.13. The molecule has 0 spiro atoms. The first-order chi connectivity index (χ1) is 9.50. The molecule has 0 saturated carbocycles. The smallest absolute Gasteiger partial charge is 0.217 e. The Balaban J connectivity index is 2.48. The van der Waals surface area contributed by atoms with Crippen LogP contribution in [0.15, 0.2) is 49.1 Å². The van der Waals surface area contributed by atoms with E-state index in [1.54, 1.807) is 12.4 Å². The Bertz CT molecular complexity index is 527. The van der Waals surface area contributed by atoms with Gasteiger partial charge in [0.1, 0.15) is 0 Å². The van der Waals surface area contributed by atoms with Crippen LogP contribution in [-0.4, -0.2) is 15.9 Å². The number of rotatable bonds is 5. The molecule has 0 fully saturated rings. The van der Waals surface area contributed by atoms with Crippen molar-refractivity contribution >= 4 is 5.91 Å². The third-order valence-corrected chi connectivity index (χ3v) is 3.45. The first-order valence-electron chi connectivity index (χ1n) is 6.59. The molecule has 0 aliphatic rings. The standard InChI is InChI=1S/C16H19N3O/c1-16(2,9-14(17)20)15(12-5-3-7-18-10-12)13-6-4-8-19-11-13/h3-8,10-11,15H,9H2,1-2H3,(H2,17,20). The number of nitrogens with two attached hydrogens (primary N) is 1. The number of carbonyl (C=O) groups is 1. The maximum Gasteiger partial charge on any atom is 0.217 e. The van der Waals surface area contributed by atoms with Crippen LogP contribution < -0.4 is 5.73 Å². The first kappa shape index (κ1) is 14.2. The summed E-state index contributed by atoms with van der Waals surface area (Å²) >= 11 is 0. The fourth-order valence-electron chi connectivity index (χ4n) is 2.74. The topological polar surface area (TPSA) is 68.9 Å². The summed E-state index contributed by atoms with van der Waals surface area (Å²) in [5.41, 5.74) is 7.22. The highest BCUT2D eigenvalue weighted by atomic mass is 16.1. The maximum atomic E-state index is 11.4. The molecule has 0 atom stereocenters. The minimum atomic E-state index is -0.308. The third kappa shape index (κ3) is 3.20. The van der Waals surface area contributed by atoms with Gasteiger partial charge in [0, 0.05) is 37.1 Å². The van der Waals surface area contributed by atoms with Gasteiger partial charge in [-0.25, -0.2) is 0 Å². The number of aromatic nitrogens is 2. The Hall–Kier alpha value is -2.23. The molecule has 0 bridgehead atoms. The lowest BCUT2D eigenvalue weighted by Gasteiger charge is -2.34. The number of hydrogen-bond donors (Lipinski definition) is 1. The fourth-order valence-corrected chi connectivity index (χ4v) is 2.74. The van der Waals surface area contributed by atoms with Crippen molar-refractivity contribution in [2.45, 2.75) is 26.2 Å². The van der Waals surface area contributed by atoms with Gasteiger partial charge >= 0.3 is 0 Å². The molecule has 4 nitrogen and oxygen atoms in total. The van der Waals surface area contributed by atoms with Gasteiger partial charge in [0.05, 0.1) is 0 Å². The lowest BCUT2D eigenvalue weighted by Crippen LogP contribution is -2.29. The van der Waals surface area contributed by atoms with Crippen LogP contribution in [-0.2, 0) is 4.79 Å². The molecular formula is C16H19N3O. The van der Waals surface area contributed by atoms with Crippen molar-refractivity contribution in [1.29, 1.82) is 0 Å². The lowest BCUT2D eigenvalue weighted by molar-refractivity contribution is -0.120. The molecule has 2 aromatic heterocycles. The highest BCUT2D eigenvalue weighted by Crippen LogP contribution is 2.42. The van der Waals surface area contributed by atoms with Gasteiger partial charge in [-0.2, -0.15) is 0 Å². The highest BCUT2D eigenvalue weighted by Gasteiger charge is 2.33. The second-order valence-electron chi connectivity index (χ2n) is 5.64. The normalized spacial score (nSPS) is 11.6. The van der Waals surface area contributed by atoms with Crippen LogP contribution >= 0.6 is 0 Å². The lowest BCUT2D eigenvalue weighted by atomic mass is 9.70. The van der Waals surface area contributed by atoms with Gasteiger partial charge in [-0.3, -0.25) is 14.8 Å². The van der Waals surface area contributed by atoms with E-state index in [4.69, 9.17) is 5.73 Å². The maximum absolute atomic E-state index is 11.4. The molecule has 20 heavy (non-hydrogen) atoms. The van der Waals surface area contributed by atoms with Gasteiger partial charge in [0.2, 0.25) is 5.91 Å². The van der Waals surface area contributed by atoms with Crippen LogP contribution in [0.5, 0.6) is 0 Å². The van der Waals surface area contributed by atoms with Crippen LogP contribution in [0.2, 0.25) is 0 Å². The quantitative estimate of drug-likeness (QED) is 0.906. The van der Waals surface area contributed by atoms with E-state index in [9.17, 15) is 4.79 Å². The molecule has 104 valence electrons. The summed E-state index contributed by atoms with van der Waals surface area (Å²) in [5.74, 6) is -0.273. The Morgan fingerprint density at radius 1 is 1.15 bits per heavy atom. The van der Waals surface area contributed by atoms with Gasteiger partial charge in [-0.15, -0.1) is 0 Å². The van der Waals surface area contributed by atoms with Crippen molar-refractivity contribution in [2.75, 3.05) is 0 Å². The van der Waals surface area contributed by atoms with Crippen molar-refractivity contribution in [3.8, 4) is 0 Å². The Morgan fingerprint density at radius 3 is 2.00 bits per heavy atom. The van der Waals surface area contributed by atoms with Gasteiger partial charge in [-0.1, -0.05) is 26.0 Å². The zero-order valence-electron chi connectivity index (χ0n) is 11.8. The van der Waals surface area contributed by atoms with E-state index in [-0.39, 0.29) is 17.2 Å². The first-order valence-corrected chi connectivity index (χ1v) is 6.59. The third-order valence-electron chi connectivity index (χ3n) is 3.45. The van der Waals surface area contributed by atoms with E-state index in [2.05, 4.69) is 9.97 Å². The van der Waals surface area contributed by atoms with E-state index in [1.807, 2.05) is 50.5 Å². The van der Waals surface area contributed by atoms with Crippen LogP contribution in [0.4, 0.5) is 0 Å². The molecule has 4 heteroatoms. The van der Waals surface area contributed by atoms with Crippen LogP contribution in [0.25, 0.3) is 0 Å². The number of nitrogens with zero attached hydrogens (tertiary/aromatic N) is 2. The van der Waals surface area contributed by atoms with E-state index in [0.717, 1.165) is 11.1 Å². The molecule has 2 N–H and O–H groups in total. The molecule has 0 unspecified atom stereocenters. The number of primary amides is 1. The summed E-state index contributed by atoms with van der Waals surface area (Å²) in [6.45, 7) is 4.09. The Morgan fingerprint density at radius 2 is 1.65 bits per heavy atom. The summed E-state index contributed by atoms with van der Waals surface area (Å²) in [5, 5.41) is 0. The monoisotopic (exact) mass is 269 g/mol. The highest BCUT2D eigenvalue weighted by molar-refractivity contribution is 5.74.